The summed E-state index contributed by atoms with van der Waals surface area (Å²) in [4.78, 5) is 0. The minimum Gasteiger partial charge on any atom is -0.428 e. The standard InChI is InChI=1S/C11H10BrCl2N3OS/c1-2-15-5-10-16-17-11(19-10)18-9-4-7(13)6(12)3-8(9)14/h3-4,15H,2,5H2,1H3. The van der Waals surface area contributed by atoms with E-state index >= 15 is 0 Å². The molecule has 8 heteroatoms. The molecule has 4 nitrogen and oxygen atoms in total. The summed E-state index contributed by atoms with van der Waals surface area (Å²) in [6.45, 7) is 3.58. The zero-order valence-electron chi connectivity index (χ0n) is 9.91. The highest BCUT2D eigenvalue weighted by Gasteiger charge is 2.11. The molecule has 19 heavy (non-hydrogen) atoms. The lowest BCUT2D eigenvalue weighted by Crippen LogP contribution is -2.11. The molecular formula is C11H10BrCl2N3OS. The van der Waals surface area contributed by atoms with Crippen LogP contribution >= 0.6 is 50.5 Å². The van der Waals surface area contributed by atoms with Crippen LogP contribution < -0.4 is 10.1 Å². The van der Waals surface area contributed by atoms with Crippen molar-refractivity contribution < 1.29 is 4.74 Å². The molecule has 0 atom stereocenters. The number of hydrogen-bond acceptors (Lipinski definition) is 5. The molecule has 0 bridgehead atoms. The van der Waals surface area contributed by atoms with Gasteiger partial charge in [0, 0.05) is 17.1 Å². The molecule has 0 radical (unpaired) electrons. The highest BCUT2D eigenvalue weighted by Crippen LogP contribution is 2.37. The molecule has 0 fully saturated rings. The molecule has 1 aromatic carbocycles. The Balaban J connectivity index is 2.12. The summed E-state index contributed by atoms with van der Waals surface area (Å²) >= 11 is 16.7. The van der Waals surface area contributed by atoms with Gasteiger partial charge in [0.1, 0.15) is 5.01 Å². The molecule has 0 unspecified atom stereocenters. The van der Waals surface area contributed by atoms with Crippen LogP contribution in [0, 0.1) is 0 Å². The van der Waals surface area contributed by atoms with Crippen molar-refractivity contribution >= 4 is 50.5 Å². The molecule has 0 aliphatic carbocycles. The van der Waals surface area contributed by atoms with Gasteiger partial charge in [-0.2, -0.15) is 0 Å². The van der Waals surface area contributed by atoms with E-state index in [0.29, 0.717) is 27.5 Å². The molecule has 1 N–H and O–H groups in total. The minimum atomic E-state index is 0.438. The van der Waals surface area contributed by atoms with Crippen LogP contribution in [0.4, 0.5) is 0 Å². The monoisotopic (exact) mass is 381 g/mol. The Kier molecular flexibility index (Phi) is 5.41. The maximum atomic E-state index is 6.07. The molecule has 0 aliphatic heterocycles. The second kappa shape index (κ2) is 6.85. The number of benzene rings is 1. The third-order valence-electron chi connectivity index (χ3n) is 2.15. The van der Waals surface area contributed by atoms with Gasteiger partial charge in [0.2, 0.25) is 0 Å². The maximum Gasteiger partial charge on any atom is 0.299 e. The predicted molar refractivity (Wildman–Crippen MR) is 81.5 cm³/mol. The van der Waals surface area contributed by atoms with Gasteiger partial charge in [0.25, 0.3) is 5.19 Å². The summed E-state index contributed by atoms with van der Waals surface area (Å²) in [6.07, 6.45) is 0. The second-order valence-corrected chi connectivity index (χ2v) is 6.23. The molecular weight excluding hydrogens is 373 g/mol. The first-order valence-electron chi connectivity index (χ1n) is 5.45. The summed E-state index contributed by atoms with van der Waals surface area (Å²) in [5, 5.41) is 13.4. The number of aromatic nitrogens is 2. The van der Waals surface area contributed by atoms with Crippen LogP contribution in [0.3, 0.4) is 0 Å². The predicted octanol–water partition coefficient (Wildman–Crippen LogP) is 4.51. The Morgan fingerprint density at radius 1 is 1.32 bits per heavy atom. The van der Waals surface area contributed by atoms with Crippen molar-refractivity contribution in [2.75, 3.05) is 6.54 Å². The molecule has 102 valence electrons. The molecule has 0 saturated carbocycles. The summed E-state index contributed by atoms with van der Waals surface area (Å²) in [5.74, 6) is 0.459. The summed E-state index contributed by atoms with van der Waals surface area (Å²) in [7, 11) is 0. The van der Waals surface area contributed by atoms with Gasteiger partial charge in [0.05, 0.1) is 10.0 Å². The van der Waals surface area contributed by atoms with Crippen LogP contribution in [0.25, 0.3) is 0 Å². The van der Waals surface area contributed by atoms with E-state index in [9.17, 15) is 0 Å². The van der Waals surface area contributed by atoms with Gasteiger partial charge in [-0.1, -0.05) is 46.6 Å². The normalized spacial score (nSPS) is 10.7. The van der Waals surface area contributed by atoms with Gasteiger partial charge in [0.15, 0.2) is 5.75 Å². The van der Waals surface area contributed by atoms with E-state index in [0.717, 1.165) is 16.0 Å². The number of nitrogens with zero attached hydrogens (tertiary/aromatic N) is 2. The van der Waals surface area contributed by atoms with Crippen molar-refractivity contribution in [3.05, 3.63) is 31.7 Å². The van der Waals surface area contributed by atoms with Crippen molar-refractivity contribution in [2.24, 2.45) is 0 Å². The van der Waals surface area contributed by atoms with Gasteiger partial charge in [-0.15, -0.1) is 5.10 Å². The van der Waals surface area contributed by atoms with Crippen molar-refractivity contribution in [3.63, 3.8) is 0 Å². The maximum absolute atomic E-state index is 6.07. The van der Waals surface area contributed by atoms with Crippen LogP contribution in [0.2, 0.25) is 10.0 Å². The zero-order chi connectivity index (χ0) is 13.8. The average molecular weight is 383 g/mol. The second-order valence-electron chi connectivity index (χ2n) is 3.54. The van der Waals surface area contributed by atoms with E-state index in [-0.39, 0.29) is 0 Å². The first kappa shape index (κ1) is 15.0. The van der Waals surface area contributed by atoms with Crippen LogP contribution in [-0.2, 0) is 6.54 Å². The number of rotatable bonds is 5. The van der Waals surface area contributed by atoms with Gasteiger partial charge in [-0.05, 0) is 28.5 Å². The quantitative estimate of drug-likeness (QED) is 0.772. The topological polar surface area (TPSA) is 47.0 Å². The molecule has 0 amide bonds. The Morgan fingerprint density at radius 3 is 2.84 bits per heavy atom. The van der Waals surface area contributed by atoms with E-state index < -0.39 is 0 Å². The van der Waals surface area contributed by atoms with E-state index in [1.165, 1.54) is 11.3 Å². The Hall–Kier alpha value is -0.400. The lowest BCUT2D eigenvalue weighted by atomic mass is 10.3. The zero-order valence-corrected chi connectivity index (χ0v) is 13.8. The summed E-state index contributed by atoms with van der Waals surface area (Å²) < 4.78 is 6.30. The summed E-state index contributed by atoms with van der Waals surface area (Å²) in [6, 6.07) is 3.32. The van der Waals surface area contributed by atoms with E-state index in [1.54, 1.807) is 12.1 Å². The molecule has 0 saturated heterocycles. The number of ether oxygens (including phenoxy) is 1. The largest absolute Gasteiger partial charge is 0.428 e. The fourth-order valence-corrected chi connectivity index (χ4v) is 2.76. The van der Waals surface area contributed by atoms with Crippen LogP contribution in [0.1, 0.15) is 11.9 Å². The average Bonchev–Trinajstić information content (AvgIpc) is 2.81. The molecule has 1 heterocycles. The van der Waals surface area contributed by atoms with Crippen molar-refractivity contribution in [3.8, 4) is 10.9 Å². The Labute approximate surface area is 133 Å². The molecule has 0 aliphatic rings. The molecule has 1 aromatic heterocycles. The van der Waals surface area contributed by atoms with Crippen molar-refractivity contribution in [2.45, 2.75) is 13.5 Å². The van der Waals surface area contributed by atoms with Gasteiger partial charge in [-0.25, -0.2) is 0 Å². The molecule has 2 rings (SSSR count). The van der Waals surface area contributed by atoms with Gasteiger partial charge >= 0.3 is 0 Å². The molecule has 0 spiro atoms. The van der Waals surface area contributed by atoms with E-state index in [2.05, 4.69) is 31.4 Å². The van der Waals surface area contributed by atoms with Crippen molar-refractivity contribution in [1.82, 2.24) is 15.5 Å². The Morgan fingerprint density at radius 2 is 2.11 bits per heavy atom. The minimum absolute atomic E-state index is 0.438. The van der Waals surface area contributed by atoms with Crippen LogP contribution in [-0.4, -0.2) is 16.7 Å². The van der Waals surface area contributed by atoms with E-state index in [4.69, 9.17) is 27.9 Å². The highest BCUT2D eigenvalue weighted by molar-refractivity contribution is 9.10. The first-order chi connectivity index (χ1) is 9.10. The van der Waals surface area contributed by atoms with Crippen molar-refractivity contribution in [1.29, 1.82) is 0 Å². The van der Waals surface area contributed by atoms with Crippen LogP contribution in [0.15, 0.2) is 16.6 Å². The first-order valence-corrected chi connectivity index (χ1v) is 7.82. The highest BCUT2D eigenvalue weighted by atomic mass is 79.9. The number of hydrogen-bond donors (Lipinski definition) is 1. The Bertz CT molecular complexity index is 579. The van der Waals surface area contributed by atoms with Crippen LogP contribution in [0.5, 0.6) is 10.9 Å². The SMILES string of the molecule is CCNCc1nnc(Oc2cc(Cl)c(Br)cc2Cl)s1. The van der Waals surface area contributed by atoms with Gasteiger partial charge < -0.3 is 10.1 Å². The smallest absolute Gasteiger partial charge is 0.299 e. The lowest BCUT2D eigenvalue weighted by molar-refractivity contribution is 0.473. The molecule has 2 aromatic rings. The van der Waals surface area contributed by atoms with E-state index in [1.807, 2.05) is 6.92 Å². The van der Waals surface area contributed by atoms with Gasteiger partial charge in [-0.3, -0.25) is 0 Å². The third-order valence-corrected chi connectivity index (χ3v) is 4.44. The lowest BCUT2D eigenvalue weighted by Gasteiger charge is -2.05. The number of nitrogens with one attached hydrogen (secondary N) is 1. The fraction of sp³-hybridized carbons (Fsp3) is 0.273. The number of halogens is 3. The third kappa shape index (κ3) is 4.03. The fourth-order valence-electron chi connectivity index (χ4n) is 1.26. The summed E-state index contributed by atoms with van der Waals surface area (Å²) in [5.41, 5.74) is 0.